The molecule has 3 amide bonds. The number of ether oxygens (including phenoxy) is 1. The van der Waals surface area contributed by atoms with Gasteiger partial charge in [-0.15, -0.1) is 0 Å². The van der Waals surface area contributed by atoms with Crippen molar-refractivity contribution in [2.75, 3.05) is 13.1 Å². The lowest BCUT2D eigenvalue weighted by molar-refractivity contribution is -0.149. The second-order valence-electron chi connectivity index (χ2n) is 5.58. The van der Waals surface area contributed by atoms with Crippen molar-refractivity contribution in [2.45, 2.75) is 51.7 Å². The number of hydrogen-bond donors (Lipinski definition) is 4. The summed E-state index contributed by atoms with van der Waals surface area (Å²) in [5.74, 6) is -1.41. The van der Waals surface area contributed by atoms with E-state index >= 15 is 0 Å². The highest BCUT2D eigenvalue weighted by Gasteiger charge is 2.35. The number of amides is 3. The number of carboxylic acid groups (broad SMARTS) is 1. The summed E-state index contributed by atoms with van der Waals surface area (Å²) in [5, 5.41) is 14.5. The van der Waals surface area contributed by atoms with Crippen LogP contribution in [0, 0.1) is 5.41 Å². The Morgan fingerprint density at radius 2 is 1.86 bits per heavy atom. The monoisotopic (exact) mass is 315 g/mol. The van der Waals surface area contributed by atoms with Crippen LogP contribution < -0.4 is 16.4 Å². The van der Waals surface area contributed by atoms with Crippen LogP contribution in [0.5, 0.6) is 0 Å². The average molecular weight is 315 g/mol. The summed E-state index contributed by atoms with van der Waals surface area (Å²) in [4.78, 5) is 34.1. The minimum absolute atomic E-state index is 0.0661. The van der Waals surface area contributed by atoms with E-state index in [-0.39, 0.29) is 19.2 Å². The van der Waals surface area contributed by atoms with Gasteiger partial charge in [-0.05, 0) is 25.7 Å². The summed E-state index contributed by atoms with van der Waals surface area (Å²) in [6.45, 7) is 3.89. The Kier molecular flexibility index (Phi) is 6.61. The van der Waals surface area contributed by atoms with Gasteiger partial charge in [0.15, 0.2) is 0 Å². The first kappa shape index (κ1) is 18.2. The molecule has 1 rings (SSSR count). The molecule has 0 saturated carbocycles. The molecular weight excluding hydrogens is 290 g/mol. The van der Waals surface area contributed by atoms with Crippen LogP contribution in [0.15, 0.2) is 0 Å². The third-order valence-electron chi connectivity index (χ3n) is 4.31. The quantitative estimate of drug-likeness (QED) is 0.508. The number of carboxylic acids is 1. The molecule has 0 spiro atoms. The van der Waals surface area contributed by atoms with E-state index in [2.05, 4.69) is 10.6 Å². The van der Waals surface area contributed by atoms with Gasteiger partial charge >= 0.3 is 12.0 Å². The number of hydrogen-bond acceptors (Lipinski definition) is 4. The highest BCUT2D eigenvalue weighted by Crippen LogP contribution is 2.25. The van der Waals surface area contributed by atoms with Crippen molar-refractivity contribution >= 4 is 17.9 Å². The minimum atomic E-state index is -0.946. The molecule has 0 aromatic carbocycles. The molecule has 1 fully saturated rings. The molecule has 0 aromatic rings. The van der Waals surface area contributed by atoms with Crippen LogP contribution in [-0.4, -0.2) is 48.3 Å². The lowest BCUT2D eigenvalue weighted by Gasteiger charge is -2.27. The summed E-state index contributed by atoms with van der Waals surface area (Å²) in [6, 6.07) is -0.446. The van der Waals surface area contributed by atoms with E-state index < -0.39 is 29.4 Å². The van der Waals surface area contributed by atoms with Crippen molar-refractivity contribution in [1.29, 1.82) is 0 Å². The Hall–Kier alpha value is -1.83. The Balaban J connectivity index is 2.35. The first-order chi connectivity index (χ1) is 10.3. The molecule has 0 aromatic heterocycles. The Morgan fingerprint density at radius 3 is 2.32 bits per heavy atom. The van der Waals surface area contributed by atoms with Crippen molar-refractivity contribution in [3.8, 4) is 0 Å². The number of carbonyl (C=O) groups excluding carboxylic acids is 2. The summed E-state index contributed by atoms with van der Waals surface area (Å²) in [7, 11) is 0. The molecule has 2 unspecified atom stereocenters. The zero-order valence-electron chi connectivity index (χ0n) is 13.1. The molecule has 1 aliphatic rings. The third-order valence-corrected chi connectivity index (χ3v) is 4.31. The normalized spacial score (nSPS) is 21.4. The average Bonchev–Trinajstić information content (AvgIpc) is 2.95. The third kappa shape index (κ3) is 4.59. The maximum atomic E-state index is 11.8. The maximum Gasteiger partial charge on any atom is 0.314 e. The van der Waals surface area contributed by atoms with E-state index in [1.54, 1.807) is 13.8 Å². The molecule has 1 saturated heterocycles. The zero-order valence-corrected chi connectivity index (χ0v) is 13.1. The van der Waals surface area contributed by atoms with E-state index in [9.17, 15) is 19.5 Å². The van der Waals surface area contributed by atoms with Crippen molar-refractivity contribution in [3.05, 3.63) is 0 Å². The number of nitrogens with one attached hydrogen (secondary N) is 2. The second-order valence-corrected chi connectivity index (χ2v) is 5.58. The van der Waals surface area contributed by atoms with E-state index in [0.29, 0.717) is 25.7 Å². The Morgan fingerprint density at radius 1 is 1.23 bits per heavy atom. The smallest absolute Gasteiger partial charge is 0.314 e. The number of primary amides is 1. The largest absolute Gasteiger partial charge is 0.481 e. The van der Waals surface area contributed by atoms with Crippen molar-refractivity contribution in [2.24, 2.45) is 11.1 Å². The van der Waals surface area contributed by atoms with Gasteiger partial charge in [0, 0.05) is 13.1 Å². The van der Waals surface area contributed by atoms with Gasteiger partial charge in [-0.25, -0.2) is 4.79 Å². The summed E-state index contributed by atoms with van der Waals surface area (Å²) >= 11 is 0. The molecule has 8 nitrogen and oxygen atoms in total. The number of aliphatic carboxylic acids is 1. The fourth-order valence-electron chi connectivity index (χ4n) is 2.46. The van der Waals surface area contributed by atoms with Crippen LogP contribution in [-0.2, 0) is 14.3 Å². The Labute approximate surface area is 129 Å². The van der Waals surface area contributed by atoms with E-state index in [1.165, 1.54) is 0 Å². The predicted octanol–water partition coefficient (Wildman–Crippen LogP) is 0.210. The van der Waals surface area contributed by atoms with Crippen molar-refractivity contribution in [3.63, 3.8) is 0 Å². The minimum Gasteiger partial charge on any atom is -0.481 e. The molecule has 0 bridgehead atoms. The predicted molar refractivity (Wildman–Crippen MR) is 79.1 cm³/mol. The van der Waals surface area contributed by atoms with Crippen molar-refractivity contribution in [1.82, 2.24) is 10.6 Å². The molecular formula is C14H25N3O5. The molecule has 126 valence electrons. The van der Waals surface area contributed by atoms with Crippen LogP contribution >= 0.6 is 0 Å². The van der Waals surface area contributed by atoms with Crippen LogP contribution in [0.2, 0.25) is 0 Å². The number of urea groups is 1. The lowest BCUT2D eigenvalue weighted by Crippen LogP contribution is -2.47. The molecule has 1 heterocycles. The Bertz CT molecular complexity index is 423. The van der Waals surface area contributed by atoms with Crippen LogP contribution in [0.1, 0.15) is 39.5 Å². The number of rotatable bonds is 8. The van der Waals surface area contributed by atoms with Crippen molar-refractivity contribution < 1.29 is 24.2 Å². The SMILES string of the molecule is CCC(CC)(CNC(=O)NCC1CCC(C(N)=O)O1)C(=O)O. The van der Waals surface area contributed by atoms with Gasteiger partial charge in [0.05, 0.1) is 11.5 Å². The van der Waals surface area contributed by atoms with Gasteiger partial charge < -0.3 is 26.2 Å². The van der Waals surface area contributed by atoms with Gasteiger partial charge in [0.2, 0.25) is 5.91 Å². The molecule has 2 atom stereocenters. The first-order valence-electron chi connectivity index (χ1n) is 7.54. The number of carbonyl (C=O) groups is 3. The lowest BCUT2D eigenvalue weighted by atomic mass is 9.82. The van der Waals surface area contributed by atoms with Gasteiger partial charge in [-0.2, -0.15) is 0 Å². The zero-order chi connectivity index (χ0) is 16.8. The molecule has 5 N–H and O–H groups in total. The highest BCUT2D eigenvalue weighted by atomic mass is 16.5. The molecule has 22 heavy (non-hydrogen) atoms. The molecule has 0 radical (unpaired) electrons. The van der Waals surface area contributed by atoms with Gasteiger partial charge in [-0.1, -0.05) is 13.8 Å². The van der Waals surface area contributed by atoms with Gasteiger partial charge in [0.1, 0.15) is 6.10 Å². The molecule has 1 aliphatic heterocycles. The van der Waals surface area contributed by atoms with Gasteiger partial charge in [-0.3, -0.25) is 9.59 Å². The fraction of sp³-hybridized carbons (Fsp3) is 0.786. The van der Waals surface area contributed by atoms with Gasteiger partial charge in [0.25, 0.3) is 0 Å². The van der Waals surface area contributed by atoms with Crippen LogP contribution in [0.4, 0.5) is 4.79 Å². The summed E-state index contributed by atoms with van der Waals surface area (Å²) < 4.78 is 5.39. The highest BCUT2D eigenvalue weighted by molar-refractivity contribution is 5.79. The van der Waals surface area contributed by atoms with E-state index in [0.717, 1.165) is 0 Å². The molecule has 8 heteroatoms. The maximum absolute atomic E-state index is 11.8. The summed E-state index contributed by atoms with van der Waals surface area (Å²) in [5.41, 5.74) is 4.21. The summed E-state index contributed by atoms with van der Waals surface area (Å²) in [6.07, 6.45) is 1.24. The second kappa shape index (κ2) is 7.98. The fourth-order valence-corrected chi connectivity index (χ4v) is 2.46. The van der Waals surface area contributed by atoms with Crippen LogP contribution in [0.25, 0.3) is 0 Å². The standard InChI is InChI=1S/C14H25N3O5/c1-3-14(4-2,12(19)20)8-17-13(21)16-7-9-5-6-10(22-9)11(15)18/h9-10H,3-8H2,1-2H3,(H2,15,18)(H,19,20)(H2,16,17,21). The van der Waals surface area contributed by atoms with Crippen LogP contribution in [0.3, 0.4) is 0 Å². The first-order valence-corrected chi connectivity index (χ1v) is 7.54. The molecule has 0 aliphatic carbocycles. The van der Waals surface area contributed by atoms with E-state index in [1.807, 2.05) is 0 Å². The number of nitrogens with two attached hydrogens (primary N) is 1. The topological polar surface area (TPSA) is 131 Å². The van der Waals surface area contributed by atoms with E-state index in [4.69, 9.17) is 10.5 Å².